The highest BCUT2D eigenvalue weighted by Gasteiger charge is 2.19. The summed E-state index contributed by atoms with van der Waals surface area (Å²) in [5.74, 6) is 0.722. The lowest BCUT2D eigenvalue weighted by Gasteiger charge is -2.10. The molecule has 29 heavy (non-hydrogen) atoms. The van der Waals surface area contributed by atoms with Gasteiger partial charge in [-0.2, -0.15) is 0 Å². The summed E-state index contributed by atoms with van der Waals surface area (Å²) in [5.41, 5.74) is 3.25. The number of methoxy groups -OCH3 is 3. The highest BCUT2D eigenvalue weighted by Crippen LogP contribution is 2.22. The van der Waals surface area contributed by atoms with Crippen LogP contribution in [0.2, 0.25) is 0 Å². The number of hydrogen-bond acceptors (Lipinski definition) is 5. The smallest absolute Gasteiger partial charge is 0.280 e. The second kappa shape index (κ2) is 9.36. The van der Waals surface area contributed by atoms with Crippen molar-refractivity contribution in [2.75, 3.05) is 27.9 Å². The number of nitrogens with one attached hydrogen (secondary N) is 1. The summed E-state index contributed by atoms with van der Waals surface area (Å²) < 4.78 is 17.1. The maximum atomic E-state index is 13.3. The molecule has 152 valence electrons. The van der Waals surface area contributed by atoms with Crippen molar-refractivity contribution in [1.29, 1.82) is 0 Å². The van der Waals surface area contributed by atoms with E-state index in [0.717, 1.165) is 11.3 Å². The third-order valence-corrected chi connectivity index (χ3v) is 4.65. The predicted molar refractivity (Wildman–Crippen MR) is 113 cm³/mol. The van der Waals surface area contributed by atoms with Crippen LogP contribution >= 0.6 is 0 Å². The molecule has 7 heteroatoms. The van der Waals surface area contributed by atoms with E-state index in [9.17, 15) is 4.79 Å². The Morgan fingerprint density at radius 1 is 1.03 bits per heavy atom. The lowest BCUT2D eigenvalue weighted by molar-refractivity contribution is -0.0936. The topological polar surface area (TPSA) is 77.8 Å². The molecule has 3 rings (SSSR count). The fraction of sp³-hybridized carbons (Fsp3) is 0.273. The van der Waals surface area contributed by atoms with Crippen molar-refractivity contribution in [2.24, 2.45) is 4.99 Å². The van der Waals surface area contributed by atoms with E-state index < -0.39 is 6.29 Å². The number of hydrogen-bond donors (Lipinski definition) is 1. The number of H-pyrrole nitrogens is 1. The van der Waals surface area contributed by atoms with Gasteiger partial charge in [-0.25, -0.2) is 4.68 Å². The maximum absolute atomic E-state index is 13.3. The number of aliphatic imine (C=N–C) groups is 1. The average molecular weight is 395 g/mol. The third kappa shape index (κ3) is 4.47. The maximum Gasteiger partial charge on any atom is 0.280 e. The third-order valence-electron chi connectivity index (χ3n) is 4.65. The SMILES string of the molecule is COc1ccc(-n2[nH]c(-c3ccccc3)c(C(C)=NCC(OC)OC)c2=O)cc1. The quantitative estimate of drug-likeness (QED) is 0.469. The molecule has 0 unspecified atom stereocenters. The van der Waals surface area contributed by atoms with Gasteiger partial charge in [0.25, 0.3) is 5.56 Å². The Hall–Kier alpha value is -3.16. The van der Waals surface area contributed by atoms with Gasteiger partial charge in [-0.15, -0.1) is 0 Å². The summed E-state index contributed by atoms with van der Waals surface area (Å²) in [7, 11) is 4.72. The van der Waals surface area contributed by atoms with Gasteiger partial charge >= 0.3 is 0 Å². The van der Waals surface area contributed by atoms with Crippen molar-refractivity contribution < 1.29 is 14.2 Å². The monoisotopic (exact) mass is 395 g/mol. The zero-order chi connectivity index (χ0) is 20.8. The highest BCUT2D eigenvalue weighted by atomic mass is 16.7. The van der Waals surface area contributed by atoms with E-state index in [0.29, 0.717) is 29.2 Å². The van der Waals surface area contributed by atoms with Crippen LogP contribution in [-0.2, 0) is 9.47 Å². The minimum absolute atomic E-state index is 0.179. The highest BCUT2D eigenvalue weighted by molar-refractivity contribution is 6.03. The molecule has 0 aliphatic heterocycles. The number of aromatic amines is 1. The van der Waals surface area contributed by atoms with Gasteiger partial charge in [0.1, 0.15) is 5.75 Å². The molecule has 3 aromatic rings. The molecule has 0 bridgehead atoms. The van der Waals surface area contributed by atoms with Crippen LogP contribution in [0.5, 0.6) is 5.75 Å². The van der Waals surface area contributed by atoms with Crippen LogP contribution in [0.4, 0.5) is 0 Å². The molecule has 0 saturated heterocycles. The van der Waals surface area contributed by atoms with Crippen molar-refractivity contribution in [3.63, 3.8) is 0 Å². The molecule has 0 fully saturated rings. The Balaban J connectivity index is 2.11. The molecule has 1 heterocycles. The van der Waals surface area contributed by atoms with Gasteiger partial charge in [-0.1, -0.05) is 30.3 Å². The molecule has 0 radical (unpaired) electrons. The Bertz CT molecular complexity index is 1020. The Morgan fingerprint density at radius 2 is 1.69 bits per heavy atom. The average Bonchev–Trinajstić information content (AvgIpc) is 3.12. The minimum Gasteiger partial charge on any atom is -0.497 e. The molecule has 0 atom stereocenters. The van der Waals surface area contributed by atoms with E-state index >= 15 is 0 Å². The van der Waals surface area contributed by atoms with Crippen LogP contribution in [0, 0.1) is 0 Å². The van der Waals surface area contributed by atoms with E-state index in [-0.39, 0.29) is 5.56 Å². The van der Waals surface area contributed by atoms with Gasteiger partial charge in [0.2, 0.25) is 0 Å². The fourth-order valence-electron chi connectivity index (χ4n) is 3.04. The number of ether oxygens (including phenoxy) is 3. The number of aromatic nitrogens is 2. The van der Waals surface area contributed by atoms with E-state index in [2.05, 4.69) is 10.1 Å². The molecule has 2 aromatic carbocycles. The Kier molecular flexibility index (Phi) is 6.64. The molecule has 7 nitrogen and oxygen atoms in total. The fourth-order valence-corrected chi connectivity index (χ4v) is 3.04. The summed E-state index contributed by atoms with van der Waals surface area (Å²) in [6, 6.07) is 17.0. The summed E-state index contributed by atoms with van der Waals surface area (Å²) in [6.07, 6.45) is -0.465. The van der Waals surface area contributed by atoms with Gasteiger partial charge in [0, 0.05) is 25.5 Å². The summed E-state index contributed by atoms with van der Waals surface area (Å²) in [5, 5.41) is 3.24. The Morgan fingerprint density at radius 3 is 2.28 bits per heavy atom. The zero-order valence-electron chi connectivity index (χ0n) is 17.0. The van der Waals surface area contributed by atoms with Gasteiger partial charge < -0.3 is 14.2 Å². The first-order valence-electron chi connectivity index (χ1n) is 9.21. The Labute approximate surface area is 169 Å². The molecule has 1 N–H and O–H groups in total. The first kappa shape index (κ1) is 20.6. The zero-order valence-corrected chi connectivity index (χ0v) is 17.0. The van der Waals surface area contributed by atoms with Crippen LogP contribution in [0.15, 0.2) is 64.4 Å². The van der Waals surface area contributed by atoms with Gasteiger partial charge in [-0.3, -0.25) is 14.9 Å². The van der Waals surface area contributed by atoms with Gasteiger partial charge in [0.15, 0.2) is 6.29 Å². The van der Waals surface area contributed by atoms with Crippen molar-refractivity contribution >= 4 is 5.71 Å². The lowest BCUT2D eigenvalue weighted by Crippen LogP contribution is -2.21. The van der Waals surface area contributed by atoms with E-state index in [4.69, 9.17) is 14.2 Å². The van der Waals surface area contributed by atoms with E-state index in [1.807, 2.05) is 61.5 Å². The molecule has 0 amide bonds. The summed E-state index contributed by atoms with van der Waals surface area (Å²) in [6.45, 7) is 2.11. The first-order chi connectivity index (χ1) is 14.1. The number of nitrogens with zero attached hydrogens (tertiary/aromatic N) is 2. The molecule has 0 aliphatic rings. The van der Waals surface area contributed by atoms with Crippen molar-refractivity contribution in [2.45, 2.75) is 13.2 Å². The molecule has 1 aromatic heterocycles. The van der Waals surface area contributed by atoms with Crippen molar-refractivity contribution in [1.82, 2.24) is 9.78 Å². The minimum atomic E-state index is -0.465. The van der Waals surface area contributed by atoms with Gasteiger partial charge in [-0.05, 0) is 31.2 Å². The van der Waals surface area contributed by atoms with Crippen LogP contribution in [0.25, 0.3) is 16.9 Å². The molecular formula is C22H25N3O4. The normalized spacial score (nSPS) is 11.8. The lowest BCUT2D eigenvalue weighted by atomic mass is 10.1. The predicted octanol–water partition coefficient (Wildman–Crippen LogP) is 3.27. The standard InChI is InChI=1S/C22H25N3O4/c1-15(23-14-19(28-3)29-4)20-21(16-8-6-5-7-9-16)24-25(22(20)26)17-10-12-18(27-2)13-11-17/h5-13,19,24H,14H2,1-4H3. The van der Waals surface area contributed by atoms with E-state index in [1.54, 1.807) is 21.3 Å². The van der Waals surface area contributed by atoms with Crippen molar-refractivity contribution in [3.05, 3.63) is 70.5 Å². The summed E-state index contributed by atoms with van der Waals surface area (Å²) in [4.78, 5) is 17.8. The van der Waals surface area contributed by atoms with Crippen LogP contribution in [-0.4, -0.2) is 49.7 Å². The summed E-state index contributed by atoms with van der Waals surface area (Å²) >= 11 is 0. The molecule has 0 aliphatic carbocycles. The first-order valence-corrected chi connectivity index (χ1v) is 9.21. The number of rotatable bonds is 8. The van der Waals surface area contributed by atoms with Gasteiger partial charge in [0.05, 0.1) is 30.6 Å². The largest absolute Gasteiger partial charge is 0.497 e. The molecule has 0 spiro atoms. The van der Waals surface area contributed by atoms with E-state index in [1.165, 1.54) is 4.68 Å². The number of benzene rings is 2. The second-order valence-electron chi connectivity index (χ2n) is 6.39. The van der Waals surface area contributed by atoms with Crippen LogP contribution < -0.4 is 10.3 Å². The van der Waals surface area contributed by atoms with Crippen molar-refractivity contribution in [3.8, 4) is 22.7 Å². The second-order valence-corrected chi connectivity index (χ2v) is 6.39. The van der Waals surface area contributed by atoms with Crippen LogP contribution in [0.1, 0.15) is 12.5 Å². The molecular weight excluding hydrogens is 370 g/mol. The molecule has 0 saturated carbocycles. The van der Waals surface area contributed by atoms with Crippen LogP contribution in [0.3, 0.4) is 0 Å².